The van der Waals surface area contributed by atoms with Gasteiger partial charge in [0.05, 0.1) is 0 Å². The summed E-state index contributed by atoms with van der Waals surface area (Å²) in [5.74, 6) is 1.30. The van der Waals surface area contributed by atoms with Crippen LogP contribution in [0.5, 0.6) is 0 Å². The van der Waals surface area contributed by atoms with Crippen molar-refractivity contribution in [1.82, 2.24) is 5.32 Å². The molecular weight excluding hydrogens is 154 g/mol. The number of rotatable bonds is 5. The summed E-state index contributed by atoms with van der Waals surface area (Å²) in [5, 5.41) is 14.6. The van der Waals surface area contributed by atoms with Crippen molar-refractivity contribution in [2.45, 2.75) is 19.8 Å². The summed E-state index contributed by atoms with van der Waals surface area (Å²) in [4.78, 5) is 0. The van der Waals surface area contributed by atoms with Gasteiger partial charge in [-0.25, -0.2) is 0 Å². The van der Waals surface area contributed by atoms with Crippen LogP contribution in [0.3, 0.4) is 0 Å². The molecule has 0 aliphatic heterocycles. The Kier molecular flexibility index (Phi) is 3.34. The standard InChI is InChI=1S/C8H17N3O/c1-6(8(9)11-12)4-10-5-7-2-3-7/h6-7,10,12H,2-5H2,1H3,(H2,9,11). The summed E-state index contributed by atoms with van der Waals surface area (Å²) >= 11 is 0. The van der Waals surface area contributed by atoms with E-state index < -0.39 is 0 Å². The Labute approximate surface area is 72.8 Å². The molecule has 0 heterocycles. The quantitative estimate of drug-likeness (QED) is 0.242. The van der Waals surface area contributed by atoms with Crippen LogP contribution in [0, 0.1) is 11.8 Å². The topological polar surface area (TPSA) is 70.6 Å². The molecule has 1 atom stereocenters. The van der Waals surface area contributed by atoms with Gasteiger partial charge < -0.3 is 16.3 Å². The largest absolute Gasteiger partial charge is 0.409 e. The van der Waals surface area contributed by atoms with Crippen LogP contribution < -0.4 is 11.1 Å². The van der Waals surface area contributed by atoms with Gasteiger partial charge in [-0.3, -0.25) is 0 Å². The lowest BCUT2D eigenvalue weighted by Crippen LogP contribution is -2.32. The van der Waals surface area contributed by atoms with Gasteiger partial charge >= 0.3 is 0 Å². The fourth-order valence-corrected chi connectivity index (χ4v) is 1.03. The Morgan fingerprint density at radius 2 is 2.42 bits per heavy atom. The highest BCUT2D eigenvalue weighted by atomic mass is 16.4. The molecule has 4 nitrogen and oxygen atoms in total. The third-order valence-electron chi connectivity index (χ3n) is 2.20. The fourth-order valence-electron chi connectivity index (χ4n) is 1.03. The Bertz CT molecular complexity index is 166. The average Bonchev–Trinajstić information content (AvgIpc) is 2.86. The number of hydrogen-bond acceptors (Lipinski definition) is 3. The maximum Gasteiger partial charge on any atom is 0.143 e. The van der Waals surface area contributed by atoms with E-state index in [1.165, 1.54) is 12.8 Å². The highest BCUT2D eigenvalue weighted by Gasteiger charge is 2.20. The van der Waals surface area contributed by atoms with Crippen LogP contribution in [-0.2, 0) is 0 Å². The molecule has 0 amide bonds. The molecular formula is C8H17N3O. The smallest absolute Gasteiger partial charge is 0.143 e. The Morgan fingerprint density at radius 3 is 2.92 bits per heavy atom. The SMILES string of the molecule is CC(CNCC1CC1)C(N)=NO. The van der Waals surface area contributed by atoms with E-state index in [2.05, 4.69) is 10.5 Å². The maximum atomic E-state index is 8.36. The summed E-state index contributed by atoms with van der Waals surface area (Å²) in [6, 6.07) is 0. The highest BCUT2D eigenvalue weighted by Crippen LogP contribution is 2.27. The van der Waals surface area contributed by atoms with E-state index in [4.69, 9.17) is 10.9 Å². The lowest BCUT2D eigenvalue weighted by molar-refractivity contribution is 0.314. The Balaban J connectivity index is 2.04. The molecule has 0 bridgehead atoms. The van der Waals surface area contributed by atoms with E-state index in [-0.39, 0.29) is 5.92 Å². The summed E-state index contributed by atoms with van der Waals surface area (Å²) < 4.78 is 0. The fraction of sp³-hybridized carbons (Fsp3) is 0.875. The van der Waals surface area contributed by atoms with E-state index >= 15 is 0 Å². The van der Waals surface area contributed by atoms with E-state index in [1.807, 2.05) is 6.92 Å². The lowest BCUT2D eigenvalue weighted by atomic mass is 10.1. The van der Waals surface area contributed by atoms with Gasteiger partial charge in [0.15, 0.2) is 0 Å². The number of nitrogens with one attached hydrogen (secondary N) is 1. The molecule has 1 aliphatic carbocycles. The monoisotopic (exact) mass is 171 g/mol. The van der Waals surface area contributed by atoms with Crippen molar-refractivity contribution in [3.63, 3.8) is 0 Å². The number of nitrogens with zero attached hydrogens (tertiary/aromatic N) is 1. The van der Waals surface area contributed by atoms with Gasteiger partial charge in [-0.05, 0) is 25.3 Å². The first-order chi connectivity index (χ1) is 5.74. The normalized spacial score (nSPS) is 20.9. The molecule has 1 unspecified atom stereocenters. The molecule has 1 fully saturated rings. The minimum Gasteiger partial charge on any atom is -0.409 e. The highest BCUT2D eigenvalue weighted by molar-refractivity contribution is 5.82. The molecule has 70 valence electrons. The van der Waals surface area contributed by atoms with Crippen molar-refractivity contribution in [3.05, 3.63) is 0 Å². The summed E-state index contributed by atoms with van der Waals surface area (Å²) in [5.41, 5.74) is 5.41. The van der Waals surface area contributed by atoms with Crippen molar-refractivity contribution < 1.29 is 5.21 Å². The van der Waals surface area contributed by atoms with Gasteiger partial charge in [-0.1, -0.05) is 12.1 Å². The summed E-state index contributed by atoms with van der Waals surface area (Å²) in [6.45, 7) is 3.81. The Morgan fingerprint density at radius 1 is 1.75 bits per heavy atom. The van der Waals surface area contributed by atoms with E-state index in [0.29, 0.717) is 5.84 Å². The van der Waals surface area contributed by atoms with Gasteiger partial charge in [0.25, 0.3) is 0 Å². The molecule has 4 N–H and O–H groups in total. The van der Waals surface area contributed by atoms with Crippen LogP contribution in [0.25, 0.3) is 0 Å². The molecule has 0 aromatic heterocycles. The first kappa shape index (κ1) is 9.32. The number of amidine groups is 1. The van der Waals surface area contributed by atoms with Gasteiger partial charge in [0, 0.05) is 12.5 Å². The third-order valence-corrected chi connectivity index (χ3v) is 2.20. The molecule has 0 radical (unpaired) electrons. The molecule has 0 spiro atoms. The zero-order valence-electron chi connectivity index (χ0n) is 7.45. The molecule has 0 saturated heterocycles. The lowest BCUT2D eigenvalue weighted by Gasteiger charge is -2.09. The van der Waals surface area contributed by atoms with Gasteiger partial charge in [0.2, 0.25) is 0 Å². The van der Waals surface area contributed by atoms with Crippen molar-refractivity contribution in [2.75, 3.05) is 13.1 Å². The van der Waals surface area contributed by atoms with Gasteiger partial charge in [-0.2, -0.15) is 0 Å². The van der Waals surface area contributed by atoms with Crippen molar-refractivity contribution in [2.24, 2.45) is 22.7 Å². The van der Waals surface area contributed by atoms with Crippen LogP contribution in [0.15, 0.2) is 5.16 Å². The van der Waals surface area contributed by atoms with Gasteiger partial charge in [0.1, 0.15) is 5.84 Å². The molecule has 0 aromatic rings. The summed E-state index contributed by atoms with van der Waals surface area (Å²) in [7, 11) is 0. The van der Waals surface area contributed by atoms with Crippen molar-refractivity contribution in [1.29, 1.82) is 0 Å². The van der Waals surface area contributed by atoms with Crippen molar-refractivity contribution in [3.8, 4) is 0 Å². The molecule has 1 saturated carbocycles. The first-order valence-electron chi connectivity index (χ1n) is 4.42. The average molecular weight is 171 g/mol. The second-order valence-corrected chi connectivity index (χ2v) is 3.53. The minimum absolute atomic E-state index is 0.119. The predicted molar refractivity (Wildman–Crippen MR) is 48.2 cm³/mol. The van der Waals surface area contributed by atoms with Crippen molar-refractivity contribution >= 4 is 5.84 Å². The second kappa shape index (κ2) is 4.30. The molecule has 1 rings (SSSR count). The zero-order valence-corrected chi connectivity index (χ0v) is 7.45. The molecule has 12 heavy (non-hydrogen) atoms. The van der Waals surface area contributed by atoms with E-state index in [0.717, 1.165) is 19.0 Å². The molecule has 0 aromatic carbocycles. The zero-order chi connectivity index (χ0) is 8.97. The summed E-state index contributed by atoms with van der Waals surface area (Å²) in [6.07, 6.45) is 2.70. The van der Waals surface area contributed by atoms with Crippen LogP contribution in [-0.4, -0.2) is 24.1 Å². The van der Waals surface area contributed by atoms with Crippen LogP contribution in [0.2, 0.25) is 0 Å². The van der Waals surface area contributed by atoms with Crippen LogP contribution in [0.4, 0.5) is 0 Å². The minimum atomic E-state index is 0.119. The number of oxime groups is 1. The third kappa shape index (κ3) is 3.09. The second-order valence-electron chi connectivity index (χ2n) is 3.53. The van der Waals surface area contributed by atoms with Crippen LogP contribution in [0.1, 0.15) is 19.8 Å². The predicted octanol–water partition coefficient (Wildman–Crippen LogP) is 0.368. The Hall–Kier alpha value is -0.770. The van der Waals surface area contributed by atoms with E-state index in [1.54, 1.807) is 0 Å². The van der Waals surface area contributed by atoms with E-state index in [9.17, 15) is 0 Å². The first-order valence-corrected chi connectivity index (χ1v) is 4.42. The van der Waals surface area contributed by atoms with Crippen LogP contribution >= 0.6 is 0 Å². The van der Waals surface area contributed by atoms with Gasteiger partial charge in [-0.15, -0.1) is 0 Å². The molecule has 1 aliphatic rings. The number of nitrogens with two attached hydrogens (primary N) is 1. The molecule has 4 heteroatoms. The maximum absolute atomic E-state index is 8.36. The number of hydrogen-bond donors (Lipinski definition) is 3.